The fraction of sp³-hybridized carbons (Fsp3) is 0.250. The summed E-state index contributed by atoms with van der Waals surface area (Å²) >= 11 is 0. The van der Waals surface area contributed by atoms with Crippen LogP contribution >= 0.6 is 0 Å². The first-order chi connectivity index (χ1) is 12.5. The van der Waals surface area contributed by atoms with Crippen LogP contribution in [0.5, 0.6) is 0 Å². The molecular weight excluding hydrogens is 334 g/mol. The van der Waals surface area contributed by atoms with Gasteiger partial charge in [-0.15, -0.1) is 0 Å². The van der Waals surface area contributed by atoms with Crippen LogP contribution in [0, 0.1) is 0 Å². The normalized spacial score (nSPS) is 11.3. The molecule has 6 heteroatoms. The number of hydrogen-bond acceptors (Lipinski definition) is 5. The molecule has 0 radical (unpaired) electrons. The molecule has 0 aliphatic rings. The second-order valence-electron chi connectivity index (χ2n) is 5.81. The number of ether oxygens (including phenoxy) is 2. The lowest BCUT2D eigenvalue weighted by Gasteiger charge is -2.14. The number of nitrogens with one attached hydrogen (secondary N) is 1. The van der Waals surface area contributed by atoms with Gasteiger partial charge in [-0.1, -0.05) is 37.3 Å². The summed E-state index contributed by atoms with van der Waals surface area (Å²) in [7, 11) is 2.51. The fourth-order valence-electron chi connectivity index (χ4n) is 2.56. The van der Waals surface area contributed by atoms with E-state index in [1.54, 1.807) is 0 Å². The lowest BCUT2D eigenvalue weighted by molar-refractivity contribution is -0.116. The number of benzene rings is 2. The van der Waals surface area contributed by atoms with E-state index in [2.05, 4.69) is 10.1 Å². The van der Waals surface area contributed by atoms with Crippen molar-refractivity contribution >= 4 is 23.5 Å². The standard InChI is InChI=1S/C20H21NO5/c1-13(14-7-5-4-6-8-14)11-18(22)21-17-12-15(19(23)25-2)9-10-16(17)20(24)26-3/h4-10,12-13H,11H2,1-3H3,(H,21,22). The van der Waals surface area contributed by atoms with Gasteiger partial charge in [0, 0.05) is 6.42 Å². The maximum absolute atomic E-state index is 12.4. The molecule has 0 aliphatic heterocycles. The largest absolute Gasteiger partial charge is 0.465 e. The average Bonchev–Trinajstić information content (AvgIpc) is 2.67. The van der Waals surface area contributed by atoms with E-state index in [1.165, 1.54) is 32.4 Å². The van der Waals surface area contributed by atoms with Crippen LogP contribution in [0.25, 0.3) is 0 Å². The first-order valence-electron chi connectivity index (χ1n) is 8.11. The summed E-state index contributed by atoms with van der Waals surface area (Å²) in [5, 5.41) is 2.70. The first kappa shape index (κ1) is 19.2. The zero-order chi connectivity index (χ0) is 19.1. The van der Waals surface area contributed by atoms with Crippen LogP contribution in [0.3, 0.4) is 0 Å². The van der Waals surface area contributed by atoms with Gasteiger partial charge < -0.3 is 14.8 Å². The van der Waals surface area contributed by atoms with Crippen molar-refractivity contribution in [3.8, 4) is 0 Å². The SMILES string of the molecule is COC(=O)c1ccc(C(=O)OC)c(NC(=O)CC(C)c2ccccc2)c1. The van der Waals surface area contributed by atoms with Crippen molar-refractivity contribution in [2.75, 3.05) is 19.5 Å². The molecule has 0 bridgehead atoms. The smallest absolute Gasteiger partial charge is 0.339 e. The Morgan fingerprint density at radius 2 is 1.62 bits per heavy atom. The maximum Gasteiger partial charge on any atom is 0.339 e. The lowest BCUT2D eigenvalue weighted by Crippen LogP contribution is -2.18. The van der Waals surface area contributed by atoms with Crippen molar-refractivity contribution in [2.24, 2.45) is 0 Å². The molecule has 0 heterocycles. The van der Waals surface area contributed by atoms with Gasteiger partial charge in [-0.05, 0) is 29.7 Å². The van der Waals surface area contributed by atoms with Crippen molar-refractivity contribution in [1.82, 2.24) is 0 Å². The van der Waals surface area contributed by atoms with Crippen LogP contribution in [0.4, 0.5) is 5.69 Å². The number of esters is 2. The van der Waals surface area contributed by atoms with Gasteiger partial charge >= 0.3 is 11.9 Å². The topological polar surface area (TPSA) is 81.7 Å². The number of carbonyl (C=O) groups excluding carboxylic acids is 3. The average molecular weight is 355 g/mol. The molecule has 0 aromatic heterocycles. The molecule has 0 saturated heterocycles. The van der Waals surface area contributed by atoms with Crippen molar-refractivity contribution in [2.45, 2.75) is 19.3 Å². The van der Waals surface area contributed by atoms with Gasteiger partial charge in [0.05, 0.1) is 31.0 Å². The molecule has 0 aliphatic carbocycles. The second kappa shape index (κ2) is 8.80. The first-order valence-corrected chi connectivity index (χ1v) is 8.11. The Balaban J connectivity index is 2.21. The van der Waals surface area contributed by atoms with Crippen LogP contribution in [0.15, 0.2) is 48.5 Å². The highest BCUT2D eigenvalue weighted by Crippen LogP contribution is 2.23. The summed E-state index contributed by atoms with van der Waals surface area (Å²) in [6, 6.07) is 13.9. The monoisotopic (exact) mass is 355 g/mol. The van der Waals surface area contributed by atoms with E-state index in [-0.39, 0.29) is 35.1 Å². The minimum Gasteiger partial charge on any atom is -0.465 e. The molecule has 1 atom stereocenters. The van der Waals surface area contributed by atoms with Gasteiger partial charge in [0.25, 0.3) is 0 Å². The quantitative estimate of drug-likeness (QED) is 0.803. The maximum atomic E-state index is 12.4. The second-order valence-corrected chi connectivity index (χ2v) is 5.81. The summed E-state index contributed by atoms with van der Waals surface area (Å²) in [5.74, 6) is -1.43. The number of hydrogen-bond donors (Lipinski definition) is 1. The van der Waals surface area contributed by atoms with Crippen molar-refractivity contribution in [1.29, 1.82) is 0 Å². The van der Waals surface area contributed by atoms with Crippen molar-refractivity contribution in [3.63, 3.8) is 0 Å². The number of methoxy groups -OCH3 is 2. The third-order valence-corrected chi connectivity index (χ3v) is 3.98. The molecule has 6 nitrogen and oxygen atoms in total. The lowest BCUT2D eigenvalue weighted by atomic mass is 9.97. The predicted octanol–water partition coefficient (Wildman–Crippen LogP) is 3.39. The van der Waals surface area contributed by atoms with Crippen molar-refractivity contribution in [3.05, 3.63) is 65.2 Å². The van der Waals surface area contributed by atoms with Gasteiger partial charge in [-0.3, -0.25) is 4.79 Å². The van der Waals surface area contributed by atoms with Gasteiger partial charge in [0.15, 0.2) is 0 Å². The van der Waals surface area contributed by atoms with Crippen LogP contribution in [0.1, 0.15) is 45.5 Å². The highest BCUT2D eigenvalue weighted by Gasteiger charge is 2.18. The molecule has 136 valence electrons. The summed E-state index contributed by atoms with van der Waals surface area (Å²) < 4.78 is 9.41. The Kier molecular flexibility index (Phi) is 6.49. The Labute approximate surface area is 152 Å². The third kappa shape index (κ3) is 4.69. The predicted molar refractivity (Wildman–Crippen MR) is 97.2 cm³/mol. The highest BCUT2D eigenvalue weighted by molar-refractivity contribution is 6.03. The van der Waals surface area contributed by atoms with Gasteiger partial charge in [0.2, 0.25) is 5.91 Å². The van der Waals surface area contributed by atoms with E-state index in [0.717, 1.165) is 5.56 Å². The molecular formula is C20H21NO5. The Morgan fingerprint density at radius 1 is 0.962 bits per heavy atom. The molecule has 2 rings (SSSR count). The minimum atomic E-state index is -0.604. The van der Waals surface area contributed by atoms with Crippen LogP contribution in [-0.2, 0) is 14.3 Å². The molecule has 26 heavy (non-hydrogen) atoms. The van der Waals surface area contributed by atoms with Crippen LogP contribution in [0.2, 0.25) is 0 Å². The molecule has 2 aromatic carbocycles. The minimum absolute atomic E-state index is 0.00145. The molecule has 1 unspecified atom stereocenters. The molecule has 0 spiro atoms. The molecule has 0 fully saturated rings. The van der Waals surface area contributed by atoms with E-state index in [1.807, 2.05) is 37.3 Å². The van der Waals surface area contributed by atoms with Gasteiger partial charge in [0.1, 0.15) is 0 Å². The van der Waals surface area contributed by atoms with Gasteiger partial charge in [-0.2, -0.15) is 0 Å². The van der Waals surface area contributed by atoms with E-state index >= 15 is 0 Å². The number of carbonyl (C=O) groups is 3. The van der Waals surface area contributed by atoms with Crippen molar-refractivity contribution < 1.29 is 23.9 Å². The summed E-state index contributed by atoms with van der Waals surface area (Å²) in [6.45, 7) is 1.95. The molecule has 2 aromatic rings. The highest BCUT2D eigenvalue weighted by atomic mass is 16.5. The zero-order valence-corrected chi connectivity index (χ0v) is 14.9. The summed E-state index contributed by atoms with van der Waals surface area (Å²) in [5.41, 5.74) is 1.65. The Bertz CT molecular complexity index is 801. The zero-order valence-electron chi connectivity index (χ0n) is 14.9. The number of rotatable bonds is 6. The molecule has 1 amide bonds. The Morgan fingerprint density at radius 3 is 2.23 bits per heavy atom. The van der Waals surface area contributed by atoms with Crippen LogP contribution in [-0.4, -0.2) is 32.1 Å². The third-order valence-electron chi connectivity index (χ3n) is 3.98. The van der Waals surface area contributed by atoms with E-state index in [4.69, 9.17) is 4.74 Å². The van der Waals surface area contributed by atoms with E-state index in [9.17, 15) is 14.4 Å². The number of amides is 1. The van der Waals surface area contributed by atoms with Gasteiger partial charge in [-0.25, -0.2) is 9.59 Å². The summed E-state index contributed by atoms with van der Waals surface area (Å²) in [6.07, 6.45) is 0.229. The van der Waals surface area contributed by atoms with E-state index < -0.39 is 11.9 Å². The van der Waals surface area contributed by atoms with E-state index in [0.29, 0.717) is 0 Å². The molecule has 1 N–H and O–H groups in total. The molecule has 0 saturated carbocycles. The Hall–Kier alpha value is -3.15. The summed E-state index contributed by atoms with van der Waals surface area (Å²) in [4.78, 5) is 36.1. The number of anilines is 1. The van der Waals surface area contributed by atoms with Crippen LogP contribution < -0.4 is 5.32 Å². The fourth-order valence-corrected chi connectivity index (χ4v) is 2.56.